The van der Waals surface area contributed by atoms with Gasteiger partial charge in [0, 0.05) is 19.6 Å². The number of rotatable bonds is 5. The van der Waals surface area contributed by atoms with E-state index in [1.54, 1.807) is 11.3 Å². The Balaban J connectivity index is 2.42. The molecular formula is C14H19N3S. The van der Waals surface area contributed by atoms with Crippen molar-refractivity contribution in [3.05, 3.63) is 36.0 Å². The zero-order chi connectivity index (χ0) is 13.0. The second-order valence-corrected chi connectivity index (χ2v) is 4.99. The first-order valence-electron chi connectivity index (χ1n) is 6.30. The Morgan fingerprint density at radius 3 is 2.39 bits per heavy atom. The smallest absolute Gasteiger partial charge is 0.186 e. The fourth-order valence-electron chi connectivity index (χ4n) is 1.92. The number of nitrogens with zero attached hydrogens (tertiary/aromatic N) is 2. The summed E-state index contributed by atoms with van der Waals surface area (Å²) in [6.07, 6.45) is 0. The first kappa shape index (κ1) is 13.1. The Labute approximate surface area is 112 Å². The third-order valence-corrected chi connectivity index (χ3v) is 4.16. The van der Waals surface area contributed by atoms with Gasteiger partial charge in [-0.25, -0.2) is 4.98 Å². The van der Waals surface area contributed by atoms with E-state index >= 15 is 0 Å². The maximum atomic E-state index is 5.81. The van der Waals surface area contributed by atoms with Crippen LogP contribution in [-0.2, 0) is 6.54 Å². The van der Waals surface area contributed by atoms with Crippen molar-refractivity contribution in [2.45, 2.75) is 20.4 Å². The van der Waals surface area contributed by atoms with E-state index in [1.807, 2.05) is 18.2 Å². The molecule has 0 aliphatic heterocycles. The zero-order valence-corrected chi connectivity index (χ0v) is 11.7. The summed E-state index contributed by atoms with van der Waals surface area (Å²) in [6, 6.07) is 10.3. The summed E-state index contributed by atoms with van der Waals surface area (Å²) in [5, 5.41) is 1.07. The minimum absolute atomic E-state index is 0.488. The van der Waals surface area contributed by atoms with Gasteiger partial charge in [0.15, 0.2) is 5.13 Å². The number of aromatic nitrogens is 1. The van der Waals surface area contributed by atoms with E-state index in [0.29, 0.717) is 6.54 Å². The molecule has 0 aliphatic carbocycles. The average Bonchev–Trinajstić information content (AvgIpc) is 2.85. The molecule has 0 bridgehead atoms. The van der Waals surface area contributed by atoms with Crippen LogP contribution in [0.25, 0.3) is 10.4 Å². The molecular weight excluding hydrogens is 242 g/mol. The van der Waals surface area contributed by atoms with Crippen LogP contribution in [0.2, 0.25) is 0 Å². The molecule has 2 N–H and O–H groups in total. The Morgan fingerprint density at radius 1 is 1.17 bits per heavy atom. The highest BCUT2D eigenvalue weighted by Gasteiger charge is 2.14. The first-order valence-corrected chi connectivity index (χ1v) is 7.11. The molecule has 0 unspecified atom stereocenters. The molecule has 0 spiro atoms. The predicted molar refractivity (Wildman–Crippen MR) is 79.0 cm³/mol. The molecule has 0 radical (unpaired) electrons. The largest absolute Gasteiger partial charge is 0.349 e. The number of hydrogen-bond donors (Lipinski definition) is 1. The van der Waals surface area contributed by atoms with E-state index in [-0.39, 0.29) is 0 Å². The van der Waals surface area contributed by atoms with Crippen LogP contribution in [0.5, 0.6) is 0 Å². The van der Waals surface area contributed by atoms with Crippen LogP contribution < -0.4 is 10.6 Å². The number of anilines is 1. The van der Waals surface area contributed by atoms with Gasteiger partial charge in [-0.2, -0.15) is 0 Å². The third kappa shape index (κ3) is 2.54. The van der Waals surface area contributed by atoms with E-state index in [9.17, 15) is 0 Å². The molecule has 0 amide bonds. The van der Waals surface area contributed by atoms with E-state index in [1.165, 1.54) is 10.4 Å². The number of thiazole rings is 1. The molecule has 1 heterocycles. The van der Waals surface area contributed by atoms with Gasteiger partial charge in [0.25, 0.3) is 0 Å². The van der Waals surface area contributed by atoms with E-state index in [2.05, 4.69) is 35.9 Å². The Kier molecular flexibility index (Phi) is 4.33. The maximum absolute atomic E-state index is 5.81. The van der Waals surface area contributed by atoms with Crippen molar-refractivity contribution in [1.29, 1.82) is 0 Å². The zero-order valence-electron chi connectivity index (χ0n) is 10.9. The van der Waals surface area contributed by atoms with Crippen LogP contribution in [0.3, 0.4) is 0 Å². The highest BCUT2D eigenvalue weighted by Crippen LogP contribution is 2.34. The van der Waals surface area contributed by atoms with Gasteiger partial charge in [-0.3, -0.25) is 0 Å². The van der Waals surface area contributed by atoms with Gasteiger partial charge in [-0.1, -0.05) is 41.7 Å². The van der Waals surface area contributed by atoms with Gasteiger partial charge in [0.2, 0.25) is 0 Å². The van der Waals surface area contributed by atoms with Crippen LogP contribution in [0.15, 0.2) is 30.3 Å². The van der Waals surface area contributed by atoms with Gasteiger partial charge >= 0.3 is 0 Å². The summed E-state index contributed by atoms with van der Waals surface area (Å²) < 4.78 is 0. The molecule has 0 saturated carbocycles. The van der Waals surface area contributed by atoms with Gasteiger partial charge in [-0.15, -0.1) is 0 Å². The quantitative estimate of drug-likeness (QED) is 0.899. The molecule has 0 aliphatic rings. The van der Waals surface area contributed by atoms with Crippen molar-refractivity contribution in [3.63, 3.8) is 0 Å². The molecule has 1 aromatic carbocycles. The molecule has 2 rings (SSSR count). The second-order valence-electron chi connectivity index (χ2n) is 4.01. The van der Waals surface area contributed by atoms with Gasteiger partial charge in [0.05, 0.1) is 10.6 Å². The van der Waals surface area contributed by atoms with Gasteiger partial charge < -0.3 is 10.6 Å². The van der Waals surface area contributed by atoms with Crippen LogP contribution in [0.1, 0.15) is 19.5 Å². The van der Waals surface area contributed by atoms with Crippen molar-refractivity contribution in [2.24, 2.45) is 5.73 Å². The monoisotopic (exact) mass is 261 g/mol. The lowest BCUT2D eigenvalue weighted by atomic mass is 10.1. The van der Waals surface area contributed by atoms with Gasteiger partial charge in [0.1, 0.15) is 0 Å². The minimum Gasteiger partial charge on any atom is -0.349 e. The topological polar surface area (TPSA) is 42.2 Å². The fraction of sp³-hybridized carbons (Fsp3) is 0.357. The highest BCUT2D eigenvalue weighted by molar-refractivity contribution is 7.19. The SMILES string of the molecule is CCN(CC)c1nc(CN)c(-c2ccccc2)s1. The van der Waals surface area contributed by atoms with Crippen LogP contribution in [-0.4, -0.2) is 18.1 Å². The third-order valence-electron chi connectivity index (χ3n) is 2.95. The lowest BCUT2D eigenvalue weighted by Crippen LogP contribution is -2.21. The average molecular weight is 261 g/mol. The fourth-order valence-corrected chi connectivity index (χ4v) is 3.15. The maximum Gasteiger partial charge on any atom is 0.186 e. The second kappa shape index (κ2) is 5.98. The van der Waals surface area contributed by atoms with Gasteiger partial charge in [-0.05, 0) is 19.4 Å². The lowest BCUT2D eigenvalue weighted by Gasteiger charge is -2.16. The standard InChI is InChI=1S/C14H19N3S/c1-3-17(4-2)14-16-12(10-15)13(18-14)11-8-6-5-7-9-11/h5-9H,3-4,10,15H2,1-2H3. The summed E-state index contributed by atoms with van der Waals surface area (Å²) in [4.78, 5) is 8.12. The van der Waals surface area contributed by atoms with E-state index < -0.39 is 0 Å². The number of hydrogen-bond acceptors (Lipinski definition) is 4. The van der Waals surface area contributed by atoms with E-state index in [4.69, 9.17) is 5.73 Å². The summed E-state index contributed by atoms with van der Waals surface area (Å²) in [7, 11) is 0. The molecule has 0 saturated heterocycles. The molecule has 18 heavy (non-hydrogen) atoms. The predicted octanol–water partition coefficient (Wildman–Crippen LogP) is 3.12. The van der Waals surface area contributed by atoms with Crippen molar-refractivity contribution in [1.82, 2.24) is 4.98 Å². The normalized spacial score (nSPS) is 10.6. The van der Waals surface area contributed by atoms with Crippen LogP contribution in [0, 0.1) is 0 Å². The molecule has 96 valence electrons. The number of benzene rings is 1. The van der Waals surface area contributed by atoms with E-state index in [0.717, 1.165) is 23.9 Å². The molecule has 0 atom stereocenters. The van der Waals surface area contributed by atoms with Crippen molar-refractivity contribution >= 4 is 16.5 Å². The molecule has 1 aromatic heterocycles. The number of nitrogens with two attached hydrogens (primary N) is 1. The minimum atomic E-state index is 0.488. The molecule has 4 heteroatoms. The summed E-state index contributed by atoms with van der Waals surface area (Å²) >= 11 is 1.73. The summed E-state index contributed by atoms with van der Waals surface area (Å²) in [5.41, 5.74) is 8.01. The first-order chi connectivity index (χ1) is 8.80. The Morgan fingerprint density at radius 2 is 1.83 bits per heavy atom. The highest BCUT2D eigenvalue weighted by atomic mass is 32.1. The van der Waals surface area contributed by atoms with Crippen LogP contribution in [0.4, 0.5) is 5.13 Å². The molecule has 3 nitrogen and oxygen atoms in total. The summed E-state index contributed by atoms with van der Waals surface area (Å²) in [6.45, 7) is 6.73. The van der Waals surface area contributed by atoms with Crippen molar-refractivity contribution in [2.75, 3.05) is 18.0 Å². The van der Waals surface area contributed by atoms with Crippen LogP contribution >= 0.6 is 11.3 Å². The molecule has 0 fully saturated rings. The van der Waals surface area contributed by atoms with Crippen molar-refractivity contribution in [3.8, 4) is 10.4 Å². The Bertz CT molecular complexity index is 489. The Hall–Kier alpha value is -1.39. The summed E-state index contributed by atoms with van der Waals surface area (Å²) in [5.74, 6) is 0. The molecule has 2 aromatic rings. The lowest BCUT2D eigenvalue weighted by molar-refractivity contribution is 0.852. The van der Waals surface area contributed by atoms with Crippen molar-refractivity contribution < 1.29 is 0 Å².